The van der Waals surface area contributed by atoms with E-state index < -0.39 is 11.4 Å². The first kappa shape index (κ1) is 16.1. The van der Waals surface area contributed by atoms with E-state index in [1.54, 1.807) is 5.57 Å². The average Bonchev–Trinajstić information content (AvgIpc) is 2.49. The van der Waals surface area contributed by atoms with Crippen LogP contribution in [0.3, 0.4) is 0 Å². The Kier molecular flexibility index (Phi) is 3.73. The van der Waals surface area contributed by atoms with Gasteiger partial charge in [-0.3, -0.25) is 4.79 Å². The summed E-state index contributed by atoms with van der Waals surface area (Å²) in [4.78, 5) is 11.9. The average molecular weight is 304 g/mol. The van der Waals surface area contributed by atoms with Crippen molar-refractivity contribution in [1.82, 2.24) is 0 Å². The van der Waals surface area contributed by atoms with Crippen LogP contribution in [0, 0.1) is 22.2 Å². The number of fused-ring (bicyclic) bond motifs is 2. The summed E-state index contributed by atoms with van der Waals surface area (Å²) in [6, 6.07) is 0. The molecule has 22 heavy (non-hydrogen) atoms. The zero-order chi connectivity index (χ0) is 16.2. The molecule has 0 saturated heterocycles. The van der Waals surface area contributed by atoms with Gasteiger partial charge >= 0.3 is 5.97 Å². The second kappa shape index (κ2) is 5.11. The van der Waals surface area contributed by atoms with Crippen molar-refractivity contribution in [1.29, 1.82) is 0 Å². The van der Waals surface area contributed by atoms with Crippen molar-refractivity contribution in [2.75, 3.05) is 0 Å². The summed E-state index contributed by atoms with van der Waals surface area (Å²) < 4.78 is 0. The molecule has 2 heteroatoms. The Morgan fingerprint density at radius 1 is 1.14 bits per heavy atom. The number of aliphatic carboxylic acids is 1. The largest absolute Gasteiger partial charge is 0.481 e. The predicted molar refractivity (Wildman–Crippen MR) is 89.7 cm³/mol. The van der Waals surface area contributed by atoms with Gasteiger partial charge in [0.15, 0.2) is 0 Å². The molecular weight excluding hydrogens is 272 g/mol. The third kappa shape index (κ3) is 2.17. The van der Waals surface area contributed by atoms with Crippen LogP contribution in [0.5, 0.6) is 0 Å². The molecule has 3 rings (SSSR count). The lowest BCUT2D eigenvalue weighted by molar-refractivity contribution is -0.147. The number of carboxylic acid groups (broad SMARTS) is 1. The number of hydrogen-bond donors (Lipinski definition) is 1. The minimum Gasteiger partial charge on any atom is -0.481 e. The molecule has 1 N–H and O–H groups in total. The molecule has 0 heterocycles. The molecule has 3 aliphatic rings. The van der Waals surface area contributed by atoms with Crippen molar-refractivity contribution in [2.24, 2.45) is 22.2 Å². The zero-order valence-electron chi connectivity index (χ0n) is 14.8. The Hall–Kier alpha value is -0.790. The van der Waals surface area contributed by atoms with Crippen LogP contribution in [-0.2, 0) is 4.79 Å². The lowest BCUT2D eigenvalue weighted by Crippen LogP contribution is -2.46. The van der Waals surface area contributed by atoms with E-state index in [9.17, 15) is 9.90 Å². The van der Waals surface area contributed by atoms with Crippen molar-refractivity contribution in [3.63, 3.8) is 0 Å². The van der Waals surface area contributed by atoms with Gasteiger partial charge in [0.1, 0.15) is 0 Å². The van der Waals surface area contributed by atoms with Crippen molar-refractivity contribution < 1.29 is 9.90 Å². The third-order valence-electron chi connectivity index (χ3n) is 7.78. The van der Waals surface area contributed by atoms with E-state index in [0.717, 1.165) is 31.6 Å². The minimum absolute atomic E-state index is 0.277. The first-order valence-corrected chi connectivity index (χ1v) is 9.21. The molecule has 0 amide bonds. The van der Waals surface area contributed by atoms with Crippen molar-refractivity contribution in [3.8, 4) is 0 Å². The fourth-order valence-electron chi connectivity index (χ4n) is 5.69. The summed E-state index contributed by atoms with van der Waals surface area (Å²) in [5.74, 6) is 0.164. The monoisotopic (exact) mass is 304 g/mol. The summed E-state index contributed by atoms with van der Waals surface area (Å²) in [5.41, 5.74) is 3.06. The normalized spacial score (nSPS) is 45.2. The highest BCUT2D eigenvalue weighted by Gasteiger charge is 2.52. The maximum atomic E-state index is 11.9. The molecule has 1 fully saturated rings. The second-order valence-corrected chi connectivity index (χ2v) is 8.97. The third-order valence-corrected chi connectivity index (χ3v) is 7.78. The molecule has 1 saturated carbocycles. The van der Waals surface area contributed by atoms with Gasteiger partial charge in [-0.25, -0.2) is 0 Å². The Bertz CT molecular complexity index is 520. The number of rotatable bonds is 2. The second-order valence-electron chi connectivity index (χ2n) is 8.97. The molecular formula is C20H32O2. The topological polar surface area (TPSA) is 37.3 Å². The number of hydrogen-bond acceptors (Lipinski definition) is 1. The van der Waals surface area contributed by atoms with Gasteiger partial charge in [0.2, 0.25) is 0 Å². The molecule has 0 spiro atoms. The van der Waals surface area contributed by atoms with Crippen LogP contribution in [-0.4, -0.2) is 11.1 Å². The standard InChI is InChI=1S/C20H32O2/c1-5-18(2)11-12-19(3)14(13-18)8-9-16-15(19)7-6-10-20(16,4)17(21)22/h14H,5-13H2,1-4H3,(H,21,22)/t14-,18+,19-,20-/m0/s1. The lowest BCUT2D eigenvalue weighted by Gasteiger charge is -2.56. The summed E-state index contributed by atoms with van der Waals surface area (Å²) in [7, 11) is 0. The van der Waals surface area contributed by atoms with E-state index in [4.69, 9.17) is 0 Å². The van der Waals surface area contributed by atoms with Gasteiger partial charge in [0.05, 0.1) is 5.41 Å². The molecule has 0 aliphatic heterocycles. The Balaban J connectivity index is 2.00. The summed E-state index contributed by atoms with van der Waals surface area (Å²) >= 11 is 0. The molecule has 0 aromatic carbocycles. The van der Waals surface area contributed by atoms with E-state index in [1.807, 2.05) is 6.92 Å². The molecule has 124 valence electrons. The van der Waals surface area contributed by atoms with E-state index >= 15 is 0 Å². The molecule has 0 aromatic heterocycles. The zero-order valence-corrected chi connectivity index (χ0v) is 14.8. The van der Waals surface area contributed by atoms with Crippen molar-refractivity contribution in [3.05, 3.63) is 11.1 Å². The quantitative estimate of drug-likeness (QED) is 0.677. The molecule has 2 nitrogen and oxygen atoms in total. The molecule has 0 bridgehead atoms. The van der Waals surface area contributed by atoms with Gasteiger partial charge in [0.25, 0.3) is 0 Å². The van der Waals surface area contributed by atoms with Gasteiger partial charge < -0.3 is 5.11 Å². The van der Waals surface area contributed by atoms with E-state index in [0.29, 0.717) is 5.41 Å². The van der Waals surface area contributed by atoms with Crippen LogP contribution in [0.15, 0.2) is 11.1 Å². The Labute approximate surface area is 135 Å². The SMILES string of the molecule is CC[C@]1(C)CC[C@]2(C)C3=C(CC[C@H]2C1)[C@@](C)(C(=O)O)CCC3. The molecule has 4 atom stereocenters. The fourth-order valence-corrected chi connectivity index (χ4v) is 5.69. The Morgan fingerprint density at radius 3 is 2.50 bits per heavy atom. The fraction of sp³-hybridized carbons (Fsp3) is 0.850. The first-order chi connectivity index (χ1) is 10.3. The van der Waals surface area contributed by atoms with Crippen LogP contribution in [0.25, 0.3) is 0 Å². The van der Waals surface area contributed by atoms with Gasteiger partial charge in [-0.2, -0.15) is 0 Å². The predicted octanol–water partition coefficient (Wildman–Crippen LogP) is 5.57. The molecule has 0 unspecified atom stereocenters. The van der Waals surface area contributed by atoms with Crippen molar-refractivity contribution in [2.45, 2.75) is 85.5 Å². The Morgan fingerprint density at radius 2 is 1.86 bits per heavy atom. The van der Waals surface area contributed by atoms with Crippen molar-refractivity contribution >= 4 is 5.97 Å². The smallest absolute Gasteiger partial charge is 0.313 e. The van der Waals surface area contributed by atoms with E-state index in [-0.39, 0.29) is 5.41 Å². The van der Waals surface area contributed by atoms with Gasteiger partial charge in [-0.15, -0.1) is 0 Å². The lowest BCUT2D eigenvalue weighted by atomic mass is 9.49. The molecule has 0 radical (unpaired) electrons. The van der Waals surface area contributed by atoms with Crippen LogP contribution in [0.2, 0.25) is 0 Å². The van der Waals surface area contributed by atoms with Gasteiger partial charge in [-0.1, -0.05) is 38.3 Å². The van der Waals surface area contributed by atoms with E-state index in [2.05, 4.69) is 20.8 Å². The van der Waals surface area contributed by atoms with Crippen LogP contribution >= 0.6 is 0 Å². The van der Waals surface area contributed by atoms with Gasteiger partial charge in [0, 0.05) is 0 Å². The van der Waals surface area contributed by atoms with Crippen LogP contribution in [0.4, 0.5) is 0 Å². The van der Waals surface area contributed by atoms with E-state index in [1.165, 1.54) is 37.7 Å². The maximum absolute atomic E-state index is 11.9. The highest BCUT2D eigenvalue weighted by Crippen LogP contribution is 2.62. The first-order valence-electron chi connectivity index (χ1n) is 9.21. The number of allylic oxidation sites excluding steroid dienone is 1. The summed E-state index contributed by atoms with van der Waals surface area (Å²) in [5, 5.41) is 9.80. The van der Waals surface area contributed by atoms with Gasteiger partial charge in [-0.05, 0) is 75.0 Å². The van der Waals surface area contributed by atoms with Crippen LogP contribution in [0.1, 0.15) is 85.5 Å². The summed E-state index contributed by atoms with van der Waals surface area (Å²) in [6.07, 6.45) is 10.4. The highest BCUT2D eigenvalue weighted by molar-refractivity contribution is 5.79. The highest BCUT2D eigenvalue weighted by atomic mass is 16.4. The number of carboxylic acids is 1. The summed E-state index contributed by atoms with van der Waals surface area (Å²) in [6.45, 7) is 9.22. The minimum atomic E-state index is -0.601. The van der Waals surface area contributed by atoms with Crippen LogP contribution < -0.4 is 0 Å². The maximum Gasteiger partial charge on any atom is 0.313 e. The number of carbonyl (C=O) groups is 1. The molecule has 0 aromatic rings. The molecule has 3 aliphatic carbocycles.